The van der Waals surface area contributed by atoms with Gasteiger partial charge in [0, 0.05) is 66.9 Å². The third-order valence-electron chi connectivity index (χ3n) is 8.80. The van der Waals surface area contributed by atoms with Crippen LogP contribution in [0.5, 0.6) is 0 Å². The molecule has 5 aromatic rings. The number of aliphatic imine (C=N–C) groups is 1. The van der Waals surface area contributed by atoms with Crippen molar-refractivity contribution in [2.24, 2.45) is 4.99 Å². The number of benzene rings is 4. The second-order valence-corrected chi connectivity index (χ2v) is 14.0. The van der Waals surface area contributed by atoms with Crippen molar-refractivity contribution in [3.05, 3.63) is 114 Å². The molecule has 0 aliphatic carbocycles. The van der Waals surface area contributed by atoms with Crippen molar-refractivity contribution >= 4 is 44.3 Å². The largest absolute Gasteiger partial charge is 0.455 e. The summed E-state index contributed by atoms with van der Waals surface area (Å²) >= 11 is 0. The molecule has 6 rings (SSSR count). The van der Waals surface area contributed by atoms with Gasteiger partial charge in [0.15, 0.2) is 0 Å². The van der Waals surface area contributed by atoms with E-state index >= 15 is 0 Å². The molecule has 4 aromatic carbocycles. The van der Waals surface area contributed by atoms with Crippen molar-refractivity contribution < 1.29 is 31.2 Å². The van der Waals surface area contributed by atoms with Crippen LogP contribution < -0.4 is 9.62 Å². The molecule has 1 aliphatic rings. The SMILES string of the molecule is CNC(=O)c1c(-c2ccc(F)cc2)oc2cc(N(CCF)S(C)(=O)=O)c(-c3cccc(C(=O)N4CCN(C(=NC#N)c5ccccc5)CC4)c3)cc12. The third kappa shape index (κ3) is 7.22. The number of alkyl halides is 1. The number of rotatable bonds is 9. The molecule has 1 N–H and O–H groups in total. The molecule has 1 aromatic heterocycles. The minimum Gasteiger partial charge on any atom is -0.455 e. The van der Waals surface area contributed by atoms with Gasteiger partial charge in [0.2, 0.25) is 16.2 Å². The minimum absolute atomic E-state index is 0.0824. The van der Waals surface area contributed by atoms with Crippen LogP contribution in [-0.2, 0) is 10.0 Å². The highest BCUT2D eigenvalue weighted by atomic mass is 32.2. The number of carbonyl (C=O) groups is 2. The maximum absolute atomic E-state index is 13.9. The third-order valence-corrected chi connectivity index (χ3v) is 9.98. The zero-order valence-electron chi connectivity index (χ0n) is 28.3. The highest BCUT2D eigenvalue weighted by Crippen LogP contribution is 2.42. The Bertz CT molecular complexity index is 2310. The number of hydrogen-bond acceptors (Lipinski definition) is 7. The lowest BCUT2D eigenvalue weighted by molar-refractivity contribution is 0.0692. The zero-order chi connectivity index (χ0) is 37.0. The Hall–Kier alpha value is -6.07. The van der Waals surface area contributed by atoms with Crippen molar-refractivity contribution in [1.29, 1.82) is 5.26 Å². The van der Waals surface area contributed by atoms with Crippen molar-refractivity contribution in [2.75, 3.05) is 57.0 Å². The molecule has 0 atom stereocenters. The van der Waals surface area contributed by atoms with E-state index in [-0.39, 0.29) is 28.5 Å². The van der Waals surface area contributed by atoms with Gasteiger partial charge in [-0.05, 0) is 48.0 Å². The van der Waals surface area contributed by atoms with Gasteiger partial charge in [0.1, 0.15) is 29.7 Å². The van der Waals surface area contributed by atoms with E-state index in [1.54, 1.807) is 35.2 Å². The number of amides is 2. The van der Waals surface area contributed by atoms with Gasteiger partial charge in [-0.2, -0.15) is 10.3 Å². The van der Waals surface area contributed by atoms with E-state index in [2.05, 4.69) is 10.3 Å². The first-order valence-corrected chi connectivity index (χ1v) is 18.2. The van der Waals surface area contributed by atoms with Gasteiger partial charge in [0.25, 0.3) is 11.8 Å². The smallest absolute Gasteiger partial charge is 0.255 e. The fourth-order valence-corrected chi connectivity index (χ4v) is 7.25. The van der Waals surface area contributed by atoms with Crippen molar-refractivity contribution in [1.82, 2.24) is 15.1 Å². The Morgan fingerprint density at radius 3 is 2.23 bits per heavy atom. The van der Waals surface area contributed by atoms with Crippen molar-refractivity contribution in [3.8, 4) is 28.6 Å². The first kappa shape index (κ1) is 35.7. The highest BCUT2D eigenvalue weighted by Gasteiger charge is 2.29. The molecule has 266 valence electrons. The average molecular weight is 725 g/mol. The van der Waals surface area contributed by atoms with E-state index in [0.717, 1.165) is 16.1 Å². The lowest BCUT2D eigenvalue weighted by Crippen LogP contribution is -2.50. The monoisotopic (exact) mass is 724 g/mol. The minimum atomic E-state index is -4.02. The second kappa shape index (κ2) is 15.0. The summed E-state index contributed by atoms with van der Waals surface area (Å²) in [6.45, 7) is 0.108. The molecule has 52 heavy (non-hydrogen) atoms. The first-order chi connectivity index (χ1) is 25.0. The van der Waals surface area contributed by atoms with Crippen LogP contribution in [0, 0.1) is 17.3 Å². The number of furan rings is 1. The van der Waals surface area contributed by atoms with Gasteiger partial charge in [-0.25, -0.2) is 17.2 Å². The van der Waals surface area contributed by atoms with Crippen LogP contribution in [0.2, 0.25) is 0 Å². The maximum atomic E-state index is 13.9. The lowest BCUT2D eigenvalue weighted by Gasteiger charge is -2.36. The number of nitrogens with zero attached hydrogens (tertiary/aromatic N) is 5. The molecule has 1 aliphatic heterocycles. The van der Waals surface area contributed by atoms with Gasteiger partial charge in [-0.15, -0.1) is 0 Å². The van der Waals surface area contributed by atoms with E-state index in [4.69, 9.17) is 4.42 Å². The number of nitrogens with one attached hydrogen (secondary N) is 1. The highest BCUT2D eigenvalue weighted by molar-refractivity contribution is 7.92. The van der Waals surface area contributed by atoms with Gasteiger partial charge >= 0.3 is 0 Å². The van der Waals surface area contributed by atoms with Crippen molar-refractivity contribution in [2.45, 2.75) is 0 Å². The Balaban J connectivity index is 1.41. The summed E-state index contributed by atoms with van der Waals surface area (Å²) in [5.41, 5.74) is 2.63. The van der Waals surface area contributed by atoms with Crippen LogP contribution in [0.3, 0.4) is 0 Å². The average Bonchev–Trinajstić information content (AvgIpc) is 3.53. The number of carbonyl (C=O) groups excluding carboxylic acids is 2. The van der Waals surface area contributed by atoms with E-state index in [1.807, 2.05) is 41.4 Å². The molecular weight excluding hydrogens is 691 g/mol. The molecule has 1 fully saturated rings. The maximum Gasteiger partial charge on any atom is 0.255 e. The van der Waals surface area contributed by atoms with Crippen LogP contribution in [0.1, 0.15) is 26.3 Å². The van der Waals surface area contributed by atoms with Crippen LogP contribution in [0.4, 0.5) is 14.5 Å². The van der Waals surface area contributed by atoms with Crippen LogP contribution in [0.25, 0.3) is 33.4 Å². The fourth-order valence-electron chi connectivity index (χ4n) is 6.34. The Morgan fingerprint density at radius 2 is 1.60 bits per heavy atom. The summed E-state index contributed by atoms with van der Waals surface area (Å²) in [4.78, 5) is 34.9. The van der Waals surface area contributed by atoms with E-state index < -0.39 is 35.0 Å². The Kier molecular flexibility index (Phi) is 10.3. The summed E-state index contributed by atoms with van der Waals surface area (Å²) in [6.07, 6.45) is 2.83. The Labute approximate surface area is 299 Å². The molecule has 1 saturated heterocycles. The first-order valence-electron chi connectivity index (χ1n) is 16.3. The topological polar surface area (TPSA) is 139 Å². The molecule has 2 heterocycles. The molecule has 14 heteroatoms. The predicted molar refractivity (Wildman–Crippen MR) is 195 cm³/mol. The van der Waals surface area contributed by atoms with Gasteiger partial charge in [-0.3, -0.25) is 13.9 Å². The fraction of sp³-hybridized carbons (Fsp3) is 0.211. The molecule has 0 radical (unpaired) electrons. The number of nitriles is 1. The molecule has 0 spiro atoms. The van der Waals surface area contributed by atoms with Gasteiger partial charge in [0.05, 0.1) is 24.1 Å². The summed E-state index contributed by atoms with van der Waals surface area (Å²) in [6, 6.07) is 24.4. The number of anilines is 1. The summed E-state index contributed by atoms with van der Waals surface area (Å²) in [5.74, 6) is -0.589. The number of piperazine rings is 1. The van der Waals surface area contributed by atoms with Crippen LogP contribution >= 0.6 is 0 Å². The molecule has 0 unspecified atom stereocenters. The van der Waals surface area contributed by atoms with Crippen LogP contribution in [0.15, 0.2) is 100 Å². The molecule has 0 saturated carbocycles. The van der Waals surface area contributed by atoms with E-state index in [1.165, 1.54) is 37.4 Å². The lowest BCUT2D eigenvalue weighted by atomic mass is 9.97. The zero-order valence-corrected chi connectivity index (χ0v) is 29.2. The number of sulfonamides is 1. The van der Waals surface area contributed by atoms with Gasteiger partial charge < -0.3 is 19.5 Å². The van der Waals surface area contributed by atoms with Crippen molar-refractivity contribution in [3.63, 3.8) is 0 Å². The Morgan fingerprint density at radius 1 is 0.923 bits per heavy atom. The molecule has 2 amide bonds. The quantitative estimate of drug-likeness (QED) is 0.117. The van der Waals surface area contributed by atoms with Crippen LogP contribution in [-0.4, -0.2) is 88.6 Å². The second-order valence-electron chi connectivity index (χ2n) is 12.0. The number of halogens is 2. The number of hydrogen-bond donors (Lipinski definition) is 1. The summed E-state index contributed by atoms with van der Waals surface area (Å²) in [5, 5.41) is 12.2. The molecular formula is C38H34F2N6O5S. The van der Waals surface area contributed by atoms with E-state index in [9.17, 15) is 32.0 Å². The normalized spacial score (nSPS) is 13.6. The van der Waals surface area contributed by atoms with E-state index in [0.29, 0.717) is 59.7 Å². The van der Waals surface area contributed by atoms with Gasteiger partial charge in [-0.1, -0.05) is 42.5 Å². The predicted octanol–water partition coefficient (Wildman–Crippen LogP) is 5.69. The summed E-state index contributed by atoms with van der Waals surface area (Å²) in [7, 11) is -2.57. The molecule has 0 bridgehead atoms. The summed E-state index contributed by atoms with van der Waals surface area (Å²) < 4.78 is 60.8. The number of fused-ring (bicyclic) bond motifs is 1. The molecule has 11 nitrogen and oxygen atoms in total. The number of amidine groups is 1. The standard InChI is InChI=1S/C38H34F2N6O5S/c1-42-37(47)34-31-22-30(32(46(16-15-39)52(2,49)50)23-33(31)51-35(34)25-11-13-29(40)14-12-25)27-9-6-10-28(21-27)38(48)45-19-17-44(18-20-45)36(43-24-41)26-7-4-3-5-8-26/h3-14,21-23H,15-20H2,1-2H3,(H,42,47).